The van der Waals surface area contributed by atoms with Crippen LogP contribution in [0.3, 0.4) is 0 Å². The SMILES string of the molecule is CN(Cc1ccc(F)cc1)Cc1cccc(S(=O)(=O)N2CCOCC2)c1. The number of ether oxygens (including phenoxy) is 1. The molecule has 1 aliphatic rings. The minimum absolute atomic E-state index is 0.252. The molecule has 2 aromatic carbocycles. The molecule has 0 radical (unpaired) electrons. The summed E-state index contributed by atoms with van der Waals surface area (Å²) < 4.78 is 45.2. The van der Waals surface area contributed by atoms with Gasteiger partial charge in [0.15, 0.2) is 0 Å². The molecule has 0 aliphatic carbocycles. The molecule has 0 atom stereocenters. The monoisotopic (exact) mass is 378 g/mol. The highest BCUT2D eigenvalue weighted by atomic mass is 32.2. The predicted octanol–water partition coefficient (Wildman–Crippen LogP) is 2.48. The average molecular weight is 378 g/mol. The fraction of sp³-hybridized carbons (Fsp3) is 0.368. The topological polar surface area (TPSA) is 49.9 Å². The van der Waals surface area contributed by atoms with Gasteiger partial charge in [0.1, 0.15) is 5.82 Å². The van der Waals surface area contributed by atoms with Gasteiger partial charge in [-0.25, -0.2) is 12.8 Å². The second-order valence-corrected chi connectivity index (χ2v) is 8.40. The lowest BCUT2D eigenvalue weighted by Crippen LogP contribution is -2.40. The van der Waals surface area contributed by atoms with Crippen molar-refractivity contribution in [2.45, 2.75) is 18.0 Å². The number of hydrogen-bond acceptors (Lipinski definition) is 4. The highest BCUT2D eigenvalue weighted by Gasteiger charge is 2.26. The van der Waals surface area contributed by atoms with Crippen LogP contribution < -0.4 is 0 Å². The van der Waals surface area contributed by atoms with E-state index in [9.17, 15) is 12.8 Å². The van der Waals surface area contributed by atoms with Gasteiger partial charge in [0.2, 0.25) is 10.0 Å². The Balaban J connectivity index is 1.69. The van der Waals surface area contributed by atoms with Gasteiger partial charge in [-0.1, -0.05) is 24.3 Å². The number of rotatable bonds is 6. The summed E-state index contributed by atoms with van der Waals surface area (Å²) in [5, 5.41) is 0. The molecular weight excluding hydrogens is 355 g/mol. The Hall–Kier alpha value is -1.80. The second kappa shape index (κ2) is 8.26. The first kappa shape index (κ1) is 19.0. The second-order valence-electron chi connectivity index (χ2n) is 6.46. The van der Waals surface area contributed by atoms with E-state index in [0.717, 1.165) is 11.1 Å². The highest BCUT2D eigenvalue weighted by Crippen LogP contribution is 2.19. The number of nitrogens with zero attached hydrogens (tertiary/aromatic N) is 2. The van der Waals surface area contributed by atoms with Gasteiger partial charge in [0.25, 0.3) is 0 Å². The Morgan fingerprint density at radius 2 is 1.69 bits per heavy atom. The lowest BCUT2D eigenvalue weighted by Gasteiger charge is -2.26. The van der Waals surface area contributed by atoms with E-state index in [4.69, 9.17) is 4.74 Å². The molecule has 2 aromatic rings. The van der Waals surface area contributed by atoms with Crippen molar-refractivity contribution < 1.29 is 17.5 Å². The van der Waals surface area contributed by atoms with Crippen LogP contribution in [0.4, 0.5) is 4.39 Å². The molecule has 0 saturated carbocycles. The van der Waals surface area contributed by atoms with Crippen LogP contribution in [0.2, 0.25) is 0 Å². The van der Waals surface area contributed by atoms with Crippen molar-refractivity contribution in [1.82, 2.24) is 9.21 Å². The summed E-state index contributed by atoms with van der Waals surface area (Å²) in [7, 11) is -1.54. The van der Waals surface area contributed by atoms with Crippen LogP contribution in [0.1, 0.15) is 11.1 Å². The molecule has 3 rings (SSSR count). The van der Waals surface area contributed by atoms with E-state index in [2.05, 4.69) is 4.90 Å². The van der Waals surface area contributed by atoms with Gasteiger partial charge in [0, 0.05) is 26.2 Å². The normalized spacial score (nSPS) is 16.1. The number of morpholine rings is 1. The van der Waals surface area contributed by atoms with Crippen molar-refractivity contribution in [2.75, 3.05) is 33.4 Å². The zero-order chi connectivity index (χ0) is 18.6. The Kier molecular flexibility index (Phi) is 6.03. The zero-order valence-electron chi connectivity index (χ0n) is 14.8. The maximum Gasteiger partial charge on any atom is 0.243 e. The first-order valence-corrected chi connectivity index (χ1v) is 9.99. The van der Waals surface area contributed by atoms with Crippen molar-refractivity contribution in [3.8, 4) is 0 Å². The molecule has 0 bridgehead atoms. The van der Waals surface area contributed by atoms with E-state index < -0.39 is 10.0 Å². The molecule has 0 amide bonds. The molecule has 26 heavy (non-hydrogen) atoms. The van der Waals surface area contributed by atoms with Crippen LogP contribution in [0, 0.1) is 5.82 Å². The van der Waals surface area contributed by atoms with Gasteiger partial charge in [-0.3, -0.25) is 4.90 Å². The maximum absolute atomic E-state index is 13.0. The third-order valence-electron chi connectivity index (χ3n) is 4.32. The fourth-order valence-corrected chi connectivity index (χ4v) is 4.49. The van der Waals surface area contributed by atoms with Crippen LogP contribution >= 0.6 is 0 Å². The van der Waals surface area contributed by atoms with Crippen molar-refractivity contribution in [3.63, 3.8) is 0 Å². The quantitative estimate of drug-likeness (QED) is 0.775. The van der Waals surface area contributed by atoms with Gasteiger partial charge in [-0.15, -0.1) is 0 Å². The molecule has 0 aromatic heterocycles. The van der Waals surface area contributed by atoms with Gasteiger partial charge in [0.05, 0.1) is 18.1 Å². The number of benzene rings is 2. The van der Waals surface area contributed by atoms with Crippen LogP contribution in [0.25, 0.3) is 0 Å². The summed E-state index contributed by atoms with van der Waals surface area (Å²) in [5.74, 6) is -0.252. The van der Waals surface area contributed by atoms with E-state index in [0.29, 0.717) is 44.3 Å². The Morgan fingerprint density at radius 3 is 2.38 bits per heavy atom. The molecule has 1 saturated heterocycles. The molecule has 5 nitrogen and oxygen atoms in total. The largest absolute Gasteiger partial charge is 0.379 e. The summed E-state index contributed by atoms with van der Waals surface area (Å²) >= 11 is 0. The van der Waals surface area contributed by atoms with Crippen molar-refractivity contribution in [1.29, 1.82) is 0 Å². The molecule has 1 heterocycles. The molecule has 0 spiro atoms. The predicted molar refractivity (Wildman–Crippen MR) is 97.6 cm³/mol. The minimum atomic E-state index is -3.49. The molecule has 0 N–H and O–H groups in total. The third-order valence-corrected chi connectivity index (χ3v) is 6.22. The van der Waals surface area contributed by atoms with Crippen molar-refractivity contribution in [2.24, 2.45) is 0 Å². The summed E-state index contributed by atoms with van der Waals surface area (Å²) in [6.45, 7) is 2.89. The number of halogens is 1. The summed E-state index contributed by atoms with van der Waals surface area (Å²) in [5.41, 5.74) is 1.93. The molecule has 140 valence electrons. The van der Waals surface area contributed by atoms with E-state index >= 15 is 0 Å². The van der Waals surface area contributed by atoms with Crippen LogP contribution in [-0.4, -0.2) is 51.0 Å². The lowest BCUT2D eigenvalue weighted by molar-refractivity contribution is 0.0730. The van der Waals surface area contributed by atoms with Crippen LogP contribution in [-0.2, 0) is 27.8 Å². The van der Waals surface area contributed by atoms with Crippen LogP contribution in [0.5, 0.6) is 0 Å². The van der Waals surface area contributed by atoms with Crippen LogP contribution in [0.15, 0.2) is 53.4 Å². The Labute approximate surface area is 154 Å². The van der Waals surface area contributed by atoms with Gasteiger partial charge in [-0.05, 0) is 42.4 Å². The van der Waals surface area contributed by atoms with E-state index in [-0.39, 0.29) is 5.82 Å². The van der Waals surface area contributed by atoms with E-state index in [1.165, 1.54) is 16.4 Å². The maximum atomic E-state index is 13.0. The summed E-state index contributed by atoms with van der Waals surface area (Å²) in [4.78, 5) is 2.38. The molecule has 1 aliphatic heterocycles. The first-order chi connectivity index (χ1) is 12.4. The molecule has 7 heteroatoms. The standard InChI is InChI=1S/C19H23FN2O3S/c1-21(14-16-5-7-18(20)8-6-16)15-17-3-2-4-19(13-17)26(23,24)22-9-11-25-12-10-22/h2-8,13H,9-12,14-15H2,1H3. The van der Waals surface area contributed by atoms with Crippen molar-refractivity contribution >= 4 is 10.0 Å². The summed E-state index contributed by atoms with van der Waals surface area (Å²) in [6.07, 6.45) is 0. The first-order valence-electron chi connectivity index (χ1n) is 8.55. The number of sulfonamides is 1. The van der Waals surface area contributed by atoms with E-state index in [1.54, 1.807) is 30.3 Å². The van der Waals surface area contributed by atoms with Gasteiger partial charge >= 0.3 is 0 Å². The molecule has 1 fully saturated rings. The third kappa shape index (κ3) is 4.67. The highest BCUT2D eigenvalue weighted by molar-refractivity contribution is 7.89. The summed E-state index contributed by atoms with van der Waals surface area (Å²) in [6, 6.07) is 13.4. The van der Waals surface area contributed by atoms with Gasteiger partial charge < -0.3 is 4.74 Å². The smallest absolute Gasteiger partial charge is 0.243 e. The Bertz CT molecular complexity index is 834. The fourth-order valence-electron chi connectivity index (χ4n) is 3.01. The average Bonchev–Trinajstić information content (AvgIpc) is 2.64. The Morgan fingerprint density at radius 1 is 1.04 bits per heavy atom. The van der Waals surface area contributed by atoms with E-state index in [1.807, 2.05) is 13.1 Å². The number of hydrogen-bond donors (Lipinski definition) is 0. The molecular formula is C19H23FN2O3S. The van der Waals surface area contributed by atoms with Gasteiger partial charge in [-0.2, -0.15) is 4.31 Å². The molecule has 0 unspecified atom stereocenters. The minimum Gasteiger partial charge on any atom is -0.379 e. The van der Waals surface area contributed by atoms with Crippen molar-refractivity contribution in [3.05, 3.63) is 65.5 Å². The lowest BCUT2D eigenvalue weighted by atomic mass is 10.2. The zero-order valence-corrected chi connectivity index (χ0v) is 15.6.